The molecule has 10 nitrogen and oxygen atoms in total. The van der Waals surface area contributed by atoms with Gasteiger partial charge in [-0.2, -0.15) is 21.0 Å². The van der Waals surface area contributed by atoms with Crippen molar-refractivity contribution in [3.8, 4) is 69.0 Å². The highest BCUT2D eigenvalue weighted by molar-refractivity contribution is 6.13. The zero-order valence-electron chi connectivity index (χ0n) is 33.3. The molecule has 0 fully saturated rings. The summed E-state index contributed by atoms with van der Waals surface area (Å²) < 4.78 is 4.30. The normalized spacial score (nSPS) is 10.7. The lowest BCUT2D eigenvalue weighted by Gasteiger charge is -2.18. The van der Waals surface area contributed by atoms with E-state index in [-0.39, 0.29) is 33.8 Å². The zero-order chi connectivity index (χ0) is 44.1. The van der Waals surface area contributed by atoms with Gasteiger partial charge in [0, 0.05) is 56.2 Å². The van der Waals surface area contributed by atoms with Crippen molar-refractivity contribution in [2.75, 3.05) is 0 Å². The lowest BCUT2D eigenvalue weighted by Crippen LogP contribution is -2.02. The Morgan fingerprint density at radius 1 is 0.453 bits per heavy atom. The molecule has 0 spiro atoms. The molecule has 0 aliphatic rings. The number of aromatic nitrogens is 3. The summed E-state index contributed by atoms with van der Waals surface area (Å²) in [5, 5.41) is 43.8. The first-order valence-electron chi connectivity index (χ1n) is 19.7. The molecule has 3 heterocycles. The SMILES string of the molecule is [C-]#[N+]c1cc(C#N)c(-c2ccc3c(c2)c2ccccc2n3-c2cc(C#N)ccc2-c2cnccc2-n2c3ccccc3c3cc(-c4c([N+]#[C-])cc(C#N)cc4[N+]#[C-])ccc32)c(C#N)c1. The van der Waals surface area contributed by atoms with Crippen LogP contribution in [-0.2, 0) is 0 Å². The minimum Gasteiger partial charge on any atom is -0.309 e. The lowest BCUT2D eigenvalue weighted by molar-refractivity contribution is 1.14. The molecule has 0 aliphatic carbocycles. The number of rotatable bonds is 5. The minimum absolute atomic E-state index is 0.216. The van der Waals surface area contributed by atoms with Crippen molar-refractivity contribution >= 4 is 60.7 Å². The number of hydrogen-bond acceptors (Lipinski definition) is 5. The van der Waals surface area contributed by atoms with Gasteiger partial charge in [-0.05, 0) is 95.6 Å². The van der Waals surface area contributed by atoms with E-state index >= 15 is 0 Å². The van der Waals surface area contributed by atoms with Gasteiger partial charge in [-0.3, -0.25) is 4.98 Å². The van der Waals surface area contributed by atoms with Crippen LogP contribution in [0.3, 0.4) is 0 Å². The van der Waals surface area contributed by atoms with Crippen molar-refractivity contribution in [1.82, 2.24) is 14.1 Å². The van der Waals surface area contributed by atoms with Gasteiger partial charge in [-0.15, -0.1) is 0 Å². The van der Waals surface area contributed by atoms with Crippen LogP contribution in [-0.4, -0.2) is 14.1 Å². The maximum Gasteiger partial charge on any atom is 0.189 e. The Kier molecular flexibility index (Phi) is 8.94. The highest BCUT2D eigenvalue weighted by Crippen LogP contribution is 2.45. The first kappa shape index (κ1) is 38.0. The average Bonchev–Trinajstić information content (AvgIpc) is 3.87. The summed E-state index contributed by atoms with van der Waals surface area (Å²) in [5.74, 6) is 0. The Morgan fingerprint density at radius 2 is 1.00 bits per heavy atom. The van der Waals surface area contributed by atoms with Crippen molar-refractivity contribution in [2.24, 2.45) is 0 Å². The average molecular weight is 813 g/mol. The van der Waals surface area contributed by atoms with E-state index in [9.17, 15) is 21.0 Å². The number of fused-ring (bicyclic) bond motifs is 6. The summed E-state index contributed by atoms with van der Waals surface area (Å²) in [6.07, 6.45) is 3.57. The van der Waals surface area contributed by atoms with E-state index in [2.05, 4.69) is 52.9 Å². The van der Waals surface area contributed by atoms with Crippen LogP contribution in [0.4, 0.5) is 17.1 Å². The summed E-state index contributed by atoms with van der Waals surface area (Å²) >= 11 is 0. The highest BCUT2D eigenvalue weighted by Gasteiger charge is 2.23. The second-order valence-corrected chi connectivity index (χ2v) is 14.9. The summed E-state index contributed by atoms with van der Waals surface area (Å²) in [4.78, 5) is 15.5. The predicted molar refractivity (Wildman–Crippen MR) is 247 cm³/mol. The zero-order valence-corrected chi connectivity index (χ0v) is 33.3. The van der Waals surface area contributed by atoms with Crippen molar-refractivity contribution in [3.05, 3.63) is 202 Å². The molecule has 0 saturated carbocycles. The van der Waals surface area contributed by atoms with Crippen LogP contribution in [0.5, 0.6) is 0 Å². The van der Waals surface area contributed by atoms with E-state index in [1.165, 1.54) is 24.3 Å². The summed E-state index contributed by atoms with van der Waals surface area (Å²) in [6.45, 7) is 23.3. The molecule has 10 rings (SSSR count). The molecule has 3 aromatic heterocycles. The molecular formula is C54H24N10. The smallest absolute Gasteiger partial charge is 0.189 e. The second-order valence-electron chi connectivity index (χ2n) is 14.9. The summed E-state index contributed by atoms with van der Waals surface area (Å²) in [7, 11) is 0. The van der Waals surface area contributed by atoms with Gasteiger partial charge in [-0.1, -0.05) is 54.6 Å². The standard InChI is InChI=1S/C54H24N10/c1-59-38-23-36(29-57)53(37(24-38)30-58)34-13-16-50-42(25-34)40-9-5-7-11-48(40)64(50)52-22-32(27-55)12-15-41(52)44-31-62-19-18-51(44)63-47-10-6-4-8-39(47)43-26-35(14-17-49(43)63)54-45(60-2)20-33(28-56)21-46(54)61-3/h4-26,31H. The van der Waals surface area contributed by atoms with Crippen LogP contribution in [0.15, 0.2) is 146 Å². The van der Waals surface area contributed by atoms with Crippen LogP contribution in [0.2, 0.25) is 0 Å². The number of benzene rings is 7. The van der Waals surface area contributed by atoms with Crippen molar-refractivity contribution in [3.63, 3.8) is 0 Å². The van der Waals surface area contributed by atoms with Crippen molar-refractivity contribution < 1.29 is 0 Å². The van der Waals surface area contributed by atoms with Gasteiger partial charge in [0.1, 0.15) is 0 Å². The fourth-order valence-corrected chi connectivity index (χ4v) is 8.91. The number of para-hydroxylation sites is 2. The maximum absolute atomic E-state index is 10.3. The Hall–Kier alpha value is -10.3. The Bertz CT molecular complexity index is 3930. The number of hydrogen-bond donors (Lipinski definition) is 0. The van der Waals surface area contributed by atoms with Gasteiger partial charge in [0.15, 0.2) is 17.1 Å². The van der Waals surface area contributed by atoms with Crippen molar-refractivity contribution in [2.45, 2.75) is 0 Å². The van der Waals surface area contributed by atoms with E-state index < -0.39 is 0 Å². The largest absolute Gasteiger partial charge is 0.309 e. The molecule has 0 amide bonds. The van der Waals surface area contributed by atoms with E-state index in [0.717, 1.165) is 66.1 Å². The molecule has 290 valence electrons. The lowest BCUT2D eigenvalue weighted by atomic mass is 9.93. The van der Waals surface area contributed by atoms with E-state index in [0.29, 0.717) is 27.8 Å². The molecular weight excluding hydrogens is 789 g/mol. The molecule has 0 aliphatic heterocycles. The number of nitriles is 4. The fraction of sp³-hybridized carbons (Fsp3) is 0. The van der Waals surface area contributed by atoms with Gasteiger partial charge >= 0.3 is 0 Å². The summed E-state index contributed by atoms with van der Waals surface area (Å²) in [6, 6.07) is 50.1. The van der Waals surface area contributed by atoms with Gasteiger partial charge in [0.25, 0.3) is 0 Å². The minimum atomic E-state index is 0.216. The molecule has 0 bridgehead atoms. The highest BCUT2D eigenvalue weighted by atomic mass is 15.0. The van der Waals surface area contributed by atoms with E-state index in [1.54, 1.807) is 12.3 Å². The number of pyridine rings is 1. The molecule has 7 aromatic carbocycles. The first-order chi connectivity index (χ1) is 31.4. The van der Waals surface area contributed by atoms with Gasteiger partial charge < -0.3 is 9.13 Å². The van der Waals surface area contributed by atoms with Crippen LogP contribution < -0.4 is 0 Å². The second kappa shape index (κ2) is 15.1. The molecule has 64 heavy (non-hydrogen) atoms. The third-order valence-electron chi connectivity index (χ3n) is 11.6. The monoisotopic (exact) mass is 812 g/mol. The van der Waals surface area contributed by atoms with Gasteiger partial charge in [0.05, 0.1) is 94.1 Å². The molecule has 0 N–H and O–H groups in total. The molecule has 10 aromatic rings. The molecule has 0 radical (unpaired) electrons. The summed E-state index contributed by atoms with van der Waals surface area (Å²) in [5.41, 5.74) is 10.7. The van der Waals surface area contributed by atoms with Crippen LogP contribution in [0.1, 0.15) is 22.3 Å². The number of nitrogens with zero attached hydrogens (tertiary/aromatic N) is 10. The quantitative estimate of drug-likeness (QED) is 0.160. The van der Waals surface area contributed by atoms with Gasteiger partial charge in [-0.25, -0.2) is 14.5 Å². The third kappa shape index (κ3) is 5.78. The van der Waals surface area contributed by atoms with E-state index in [1.807, 2.05) is 109 Å². The third-order valence-corrected chi connectivity index (χ3v) is 11.6. The Balaban J connectivity index is 1.21. The predicted octanol–water partition coefficient (Wildman–Crippen LogP) is 13.4. The van der Waals surface area contributed by atoms with Crippen LogP contribution >= 0.6 is 0 Å². The van der Waals surface area contributed by atoms with E-state index in [4.69, 9.17) is 19.7 Å². The van der Waals surface area contributed by atoms with Crippen LogP contribution in [0, 0.1) is 65.0 Å². The molecule has 0 unspecified atom stereocenters. The first-order valence-corrected chi connectivity index (χ1v) is 19.7. The molecule has 0 saturated heterocycles. The topological polar surface area (TPSA) is 131 Å². The Morgan fingerprint density at radius 3 is 1.55 bits per heavy atom. The fourth-order valence-electron chi connectivity index (χ4n) is 8.91. The Labute approximate surface area is 365 Å². The maximum atomic E-state index is 10.3. The molecule has 0 atom stereocenters. The van der Waals surface area contributed by atoms with Crippen molar-refractivity contribution in [1.29, 1.82) is 21.0 Å². The van der Waals surface area contributed by atoms with Gasteiger partial charge in [0.2, 0.25) is 0 Å². The molecule has 10 heteroatoms. The van der Waals surface area contributed by atoms with Crippen LogP contribution in [0.25, 0.3) is 103 Å².